The van der Waals surface area contributed by atoms with Gasteiger partial charge in [0.05, 0.1) is 13.0 Å². The summed E-state index contributed by atoms with van der Waals surface area (Å²) in [5.74, 6) is 1.17. The normalized spacial score (nSPS) is 17.5. The van der Waals surface area contributed by atoms with E-state index in [0.29, 0.717) is 24.9 Å². The van der Waals surface area contributed by atoms with Gasteiger partial charge in [-0.2, -0.15) is 0 Å². The Labute approximate surface area is 131 Å². The van der Waals surface area contributed by atoms with Crippen molar-refractivity contribution in [3.63, 3.8) is 0 Å². The molecule has 0 N–H and O–H groups in total. The molecule has 1 aliphatic heterocycles. The van der Waals surface area contributed by atoms with Gasteiger partial charge in [0.1, 0.15) is 0 Å². The number of carbonyl (C=O) groups excluding carboxylic acids is 1. The van der Waals surface area contributed by atoms with E-state index in [2.05, 4.69) is 32.6 Å². The Balaban J connectivity index is 2.96. The molecular formula is C18H35NO2. The predicted molar refractivity (Wildman–Crippen MR) is 88.3 cm³/mol. The Morgan fingerprint density at radius 3 is 2.00 bits per heavy atom. The lowest BCUT2D eigenvalue weighted by molar-refractivity contribution is -0.148. The van der Waals surface area contributed by atoms with Crippen LogP contribution < -0.4 is 0 Å². The molecule has 0 saturated carbocycles. The lowest BCUT2D eigenvalue weighted by atomic mass is 9.77. The monoisotopic (exact) mass is 297 g/mol. The molecule has 1 aliphatic rings. The van der Waals surface area contributed by atoms with Crippen molar-refractivity contribution in [2.75, 3.05) is 19.7 Å². The first-order chi connectivity index (χ1) is 9.89. The van der Waals surface area contributed by atoms with E-state index in [0.717, 1.165) is 25.9 Å². The van der Waals surface area contributed by atoms with E-state index in [9.17, 15) is 4.79 Å². The zero-order valence-electron chi connectivity index (χ0n) is 14.8. The molecule has 0 aromatic rings. The molecule has 0 radical (unpaired) electrons. The highest BCUT2D eigenvalue weighted by Crippen LogP contribution is 2.36. The summed E-state index contributed by atoms with van der Waals surface area (Å²) in [7, 11) is 0. The first kappa shape index (κ1) is 18.5. The van der Waals surface area contributed by atoms with Crippen LogP contribution in [-0.4, -0.2) is 36.1 Å². The Bertz CT molecular complexity index is 296. The fraction of sp³-hybridized carbons (Fsp3) is 0.944. The van der Waals surface area contributed by atoms with Gasteiger partial charge >= 0.3 is 5.97 Å². The summed E-state index contributed by atoms with van der Waals surface area (Å²) in [5, 5.41) is 0. The summed E-state index contributed by atoms with van der Waals surface area (Å²) in [6.45, 7) is 13.7. The zero-order valence-corrected chi connectivity index (χ0v) is 14.8. The lowest BCUT2D eigenvalue weighted by Crippen LogP contribution is -2.53. The van der Waals surface area contributed by atoms with Crippen molar-refractivity contribution in [2.45, 2.75) is 78.7 Å². The van der Waals surface area contributed by atoms with Gasteiger partial charge < -0.3 is 4.74 Å². The molecule has 21 heavy (non-hydrogen) atoms. The number of esters is 1. The molecule has 1 saturated heterocycles. The number of hydrogen-bond donors (Lipinski definition) is 0. The smallest absolute Gasteiger partial charge is 0.307 e. The first-order valence-corrected chi connectivity index (χ1v) is 8.80. The molecule has 1 fully saturated rings. The number of likely N-dealkylation sites (tertiary alicyclic amines) is 1. The van der Waals surface area contributed by atoms with Gasteiger partial charge in [-0.25, -0.2) is 0 Å². The van der Waals surface area contributed by atoms with E-state index in [-0.39, 0.29) is 11.5 Å². The zero-order chi connectivity index (χ0) is 15.9. The van der Waals surface area contributed by atoms with Gasteiger partial charge in [0.15, 0.2) is 0 Å². The van der Waals surface area contributed by atoms with Crippen LogP contribution in [0, 0.1) is 11.8 Å². The van der Waals surface area contributed by atoms with Crippen LogP contribution in [0.25, 0.3) is 0 Å². The van der Waals surface area contributed by atoms with Crippen molar-refractivity contribution < 1.29 is 9.53 Å². The third-order valence-electron chi connectivity index (χ3n) is 4.38. The molecule has 124 valence electrons. The van der Waals surface area contributed by atoms with Crippen molar-refractivity contribution in [2.24, 2.45) is 11.8 Å². The molecule has 0 atom stereocenters. The fourth-order valence-corrected chi connectivity index (χ4v) is 3.97. The van der Waals surface area contributed by atoms with Crippen molar-refractivity contribution in [1.82, 2.24) is 4.90 Å². The van der Waals surface area contributed by atoms with Crippen LogP contribution in [0.15, 0.2) is 0 Å². The third kappa shape index (κ3) is 5.98. The molecule has 0 amide bonds. The molecule has 0 aromatic heterocycles. The highest BCUT2D eigenvalue weighted by molar-refractivity contribution is 5.71. The summed E-state index contributed by atoms with van der Waals surface area (Å²) < 4.78 is 5.29. The predicted octanol–water partition coefficient (Wildman–Crippen LogP) is 4.26. The molecule has 0 aromatic carbocycles. The van der Waals surface area contributed by atoms with Crippen LogP contribution >= 0.6 is 0 Å². The molecular weight excluding hydrogens is 262 g/mol. The van der Waals surface area contributed by atoms with Crippen LogP contribution in [0.2, 0.25) is 0 Å². The minimum Gasteiger partial charge on any atom is -0.466 e. The highest BCUT2D eigenvalue weighted by Gasteiger charge is 2.40. The Hall–Kier alpha value is -0.570. The maximum atomic E-state index is 12.2. The second-order valence-electron chi connectivity index (χ2n) is 7.45. The molecule has 0 unspecified atom stereocenters. The first-order valence-electron chi connectivity index (χ1n) is 8.80. The second-order valence-corrected chi connectivity index (χ2v) is 7.45. The van der Waals surface area contributed by atoms with Crippen molar-refractivity contribution in [1.29, 1.82) is 0 Å². The van der Waals surface area contributed by atoms with Crippen molar-refractivity contribution in [3.05, 3.63) is 0 Å². The fourth-order valence-electron chi connectivity index (χ4n) is 3.97. The molecule has 3 heteroatoms. The van der Waals surface area contributed by atoms with Crippen LogP contribution in [-0.2, 0) is 9.53 Å². The highest BCUT2D eigenvalue weighted by atomic mass is 16.5. The number of hydrogen-bond acceptors (Lipinski definition) is 3. The summed E-state index contributed by atoms with van der Waals surface area (Å²) in [5.41, 5.74) is -0.00495. The molecule has 0 aliphatic carbocycles. The second kappa shape index (κ2) is 8.77. The minimum atomic E-state index is -0.0237. The van der Waals surface area contributed by atoms with E-state index < -0.39 is 0 Å². The van der Waals surface area contributed by atoms with Crippen molar-refractivity contribution >= 4 is 5.97 Å². The SMILES string of the molecule is CCOC(=O)CC(CC(C)C)(CC(C)C)N1CCCCC1. The minimum absolute atomic E-state index is 0.00495. The van der Waals surface area contributed by atoms with Gasteiger partial charge in [-0.3, -0.25) is 9.69 Å². The summed E-state index contributed by atoms with van der Waals surface area (Å²) >= 11 is 0. The molecule has 0 bridgehead atoms. The number of nitrogens with zero attached hydrogens (tertiary/aromatic N) is 1. The van der Waals surface area contributed by atoms with E-state index in [1.165, 1.54) is 19.3 Å². The summed E-state index contributed by atoms with van der Waals surface area (Å²) in [6, 6.07) is 0. The largest absolute Gasteiger partial charge is 0.466 e. The molecule has 0 spiro atoms. The average molecular weight is 297 g/mol. The van der Waals surface area contributed by atoms with E-state index in [1.54, 1.807) is 0 Å². The van der Waals surface area contributed by atoms with Gasteiger partial charge in [0.2, 0.25) is 0 Å². The van der Waals surface area contributed by atoms with Crippen LogP contribution in [0.4, 0.5) is 0 Å². The topological polar surface area (TPSA) is 29.5 Å². The summed E-state index contributed by atoms with van der Waals surface area (Å²) in [6.07, 6.45) is 6.59. The van der Waals surface area contributed by atoms with Crippen LogP contribution in [0.3, 0.4) is 0 Å². The van der Waals surface area contributed by atoms with Gasteiger partial charge in [-0.15, -0.1) is 0 Å². The maximum Gasteiger partial charge on any atom is 0.307 e. The number of carbonyl (C=O) groups is 1. The number of piperidine rings is 1. The Kier molecular flexibility index (Phi) is 7.72. The third-order valence-corrected chi connectivity index (χ3v) is 4.38. The standard InChI is InChI=1S/C18H35NO2/c1-6-21-17(20)14-18(12-15(2)3,13-16(4)5)19-10-8-7-9-11-19/h15-16H,6-14H2,1-5H3. The molecule has 3 nitrogen and oxygen atoms in total. The number of rotatable bonds is 8. The van der Waals surface area contributed by atoms with E-state index >= 15 is 0 Å². The maximum absolute atomic E-state index is 12.2. The van der Waals surface area contributed by atoms with Crippen LogP contribution in [0.5, 0.6) is 0 Å². The van der Waals surface area contributed by atoms with Gasteiger partial charge in [-0.1, -0.05) is 34.1 Å². The van der Waals surface area contributed by atoms with Gasteiger partial charge in [-0.05, 0) is 57.5 Å². The molecule has 1 heterocycles. The van der Waals surface area contributed by atoms with E-state index in [1.807, 2.05) is 6.92 Å². The van der Waals surface area contributed by atoms with Gasteiger partial charge in [0.25, 0.3) is 0 Å². The quantitative estimate of drug-likeness (QED) is 0.627. The van der Waals surface area contributed by atoms with E-state index in [4.69, 9.17) is 4.74 Å². The Morgan fingerprint density at radius 2 is 1.57 bits per heavy atom. The van der Waals surface area contributed by atoms with Crippen molar-refractivity contribution in [3.8, 4) is 0 Å². The number of ether oxygens (including phenoxy) is 1. The Morgan fingerprint density at radius 1 is 1.05 bits per heavy atom. The average Bonchev–Trinajstić information content (AvgIpc) is 2.38. The summed E-state index contributed by atoms with van der Waals surface area (Å²) in [4.78, 5) is 14.8. The molecule has 1 rings (SSSR count). The lowest BCUT2D eigenvalue weighted by Gasteiger charge is -2.47. The van der Waals surface area contributed by atoms with Crippen LogP contribution in [0.1, 0.15) is 73.1 Å². The van der Waals surface area contributed by atoms with Gasteiger partial charge in [0, 0.05) is 5.54 Å².